The molecule has 4 N–H and O–H groups in total. The van der Waals surface area contributed by atoms with Crippen molar-refractivity contribution in [1.29, 1.82) is 0 Å². The molecule has 4 aromatic carbocycles. The first-order chi connectivity index (χ1) is 13.2. The summed E-state index contributed by atoms with van der Waals surface area (Å²) in [6, 6.07) is 29.6. The second kappa shape index (κ2) is 6.03. The Morgan fingerprint density at radius 3 is 1.37 bits per heavy atom. The molecule has 4 aromatic rings. The summed E-state index contributed by atoms with van der Waals surface area (Å²) in [6.07, 6.45) is 0.955. The van der Waals surface area contributed by atoms with E-state index >= 15 is 0 Å². The summed E-state index contributed by atoms with van der Waals surface area (Å²) >= 11 is 0. The van der Waals surface area contributed by atoms with Crippen molar-refractivity contribution in [3.05, 3.63) is 96.1 Å². The van der Waals surface area contributed by atoms with E-state index in [1.807, 2.05) is 36.4 Å². The van der Waals surface area contributed by atoms with Crippen LogP contribution in [0.25, 0.3) is 33.4 Å². The zero-order valence-corrected chi connectivity index (χ0v) is 14.9. The summed E-state index contributed by atoms with van der Waals surface area (Å²) in [5.74, 6) is 0. The lowest BCUT2D eigenvalue weighted by atomic mass is 9.98. The van der Waals surface area contributed by atoms with Gasteiger partial charge in [0.2, 0.25) is 0 Å². The van der Waals surface area contributed by atoms with E-state index in [2.05, 4.69) is 48.5 Å². The van der Waals surface area contributed by atoms with E-state index < -0.39 is 0 Å². The lowest BCUT2D eigenvalue weighted by Crippen LogP contribution is -1.87. The van der Waals surface area contributed by atoms with Crippen LogP contribution in [-0.2, 0) is 6.42 Å². The minimum atomic E-state index is 0.795. The maximum Gasteiger partial charge on any atom is 0.0320 e. The Balaban J connectivity index is 1.53. The summed E-state index contributed by atoms with van der Waals surface area (Å²) in [6.45, 7) is 0. The molecule has 5 rings (SSSR count). The van der Waals surface area contributed by atoms with E-state index in [1.54, 1.807) is 0 Å². The van der Waals surface area contributed by atoms with Crippen molar-refractivity contribution < 1.29 is 0 Å². The molecule has 0 spiro atoms. The molecule has 1 aliphatic carbocycles. The number of hydrogen-bond donors (Lipinski definition) is 2. The van der Waals surface area contributed by atoms with Gasteiger partial charge in [0.05, 0.1) is 0 Å². The first-order valence-electron chi connectivity index (χ1n) is 9.15. The third kappa shape index (κ3) is 2.76. The molecule has 1 aliphatic rings. The van der Waals surface area contributed by atoms with Crippen LogP contribution >= 0.6 is 0 Å². The van der Waals surface area contributed by atoms with E-state index in [9.17, 15) is 0 Å². The molecule has 0 amide bonds. The summed E-state index contributed by atoms with van der Waals surface area (Å²) in [5, 5.41) is 0. The van der Waals surface area contributed by atoms with Gasteiger partial charge in [-0.3, -0.25) is 0 Å². The van der Waals surface area contributed by atoms with Gasteiger partial charge in [-0.2, -0.15) is 0 Å². The van der Waals surface area contributed by atoms with Crippen molar-refractivity contribution in [3.8, 4) is 33.4 Å². The van der Waals surface area contributed by atoms with Crippen LogP contribution in [0.15, 0.2) is 84.9 Å². The van der Waals surface area contributed by atoms with Gasteiger partial charge in [-0.05, 0) is 75.2 Å². The van der Waals surface area contributed by atoms with Crippen LogP contribution in [0.1, 0.15) is 11.1 Å². The predicted molar refractivity (Wildman–Crippen MR) is 114 cm³/mol. The van der Waals surface area contributed by atoms with Crippen LogP contribution in [0.4, 0.5) is 11.4 Å². The van der Waals surface area contributed by atoms with E-state index in [0.717, 1.165) is 28.9 Å². The van der Waals surface area contributed by atoms with Crippen molar-refractivity contribution in [1.82, 2.24) is 0 Å². The van der Waals surface area contributed by atoms with Crippen LogP contribution in [0.2, 0.25) is 0 Å². The third-order valence-corrected chi connectivity index (χ3v) is 5.32. The van der Waals surface area contributed by atoms with E-state index in [0.29, 0.717) is 0 Å². The highest BCUT2D eigenvalue weighted by Crippen LogP contribution is 2.40. The van der Waals surface area contributed by atoms with Crippen LogP contribution in [0, 0.1) is 0 Å². The molecular weight excluding hydrogens is 328 g/mol. The highest BCUT2D eigenvalue weighted by atomic mass is 14.5. The van der Waals surface area contributed by atoms with Gasteiger partial charge in [0.15, 0.2) is 0 Å². The molecule has 130 valence electrons. The van der Waals surface area contributed by atoms with Gasteiger partial charge >= 0.3 is 0 Å². The zero-order chi connectivity index (χ0) is 18.4. The average molecular weight is 348 g/mol. The predicted octanol–water partition coefficient (Wildman–Crippen LogP) is 5.76. The lowest BCUT2D eigenvalue weighted by Gasteiger charge is -2.07. The standard InChI is InChI=1S/C25H20N2/c26-22-5-1-3-16(14-22)18-7-9-24-20(11-18)13-21-12-19(8-10-25(21)24)17-4-2-6-23(27)15-17/h1-12,14-15H,13,26-27H2. The number of anilines is 2. The van der Waals surface area contributed by atoms with Crippen molar-refractivity contribution in [2.24, 2.45) is 0 Å². The first-order valence-corrected chi connectivity index (χ1v) is 9.15. The largest absolute Gasteiger partial charge is 0.399 e. The number of fused-ring (bicyclic) bond motifs is 3. The van der Waals surface area contributed by atoms with Gasteiger partial charge in [-0.1, -0.05) is 60.7 Å². The monoisotopic (exact) mass is 348 g/mol. The molecule has 0 atom stereocenters. The van der Waals surface area contributed by atoms with Crippen LogP contribution in [0.3, 0.4) is 0 Å². The zero-order valence-electron chi connectivity index (χ0n) is 14.9. The number of hydrogen-bond acceptors (Lipinski definition) is 2. The summed E-state index contributed by atoms with van der Waals surface area (Å²) in [7, 11) is 0. The molecule has 27 heavy (non-hydrogen) atoms. The van der Waals surface area contributed by atoms with Crippen LogP contribution < -0.4 is 11.5 Å². The average Bonchev–Trinajstić information content (AvgIpc) is 3.05. The fourth-order valence-electron chi connectivity index (χ4n) is 4.01. The summed E-state index contributed by atoms with van der Waals surface area (Å²) in [5.41, 5.74) is 23.6. The molecule has 0 aliphatic heterocycles. The molecule has 0 saturated heterocycles. The van der Waals surface area contributed by atoms with Crippen LogP contribution in [0.5, 0.6) is 0 Å². The normalized spacial score (nSPS) is 11.9. The molecule has 0 fully saturated rings. The molecule has 0 saturated carbocycles. The van der Waals surface area contributed by atoms with Gasteiger partial charge in [-0.15, -0.1) is 0 Å². The van der Waals surface area contributed by atoms with Gasteiger partial charge in [0, 0.05) is 11.4 Å². The van der Waals surface area contributed by atoms with Crippen molar-refractivity contribution in [3.63, 3.8) is 0 Å². The van der Waals surface area contributed by atoms with Crippen molar-refractivity contribution in [2.75, 3.05) is 11.5 Å². The van der Waals surface area contributed by atoms with Crippen molar-refractivity contribution >= 4 is 11.4 Å². The van der Waals surface area contributed by atoms with Gasteiger partial charge in [-0.25, -0.2) is 0 Å². The second-order valence-corrected chi connectivity index (χ2v) is 7.17. The Bertz CT molecular complexity index is 1080. The minimum absolute atomic E-state index is 0.795. The quantitative estimate of drug-likeness (QED) is 0.399. The Labute approximate surface area is 159 Å². The van der Waals surface area contributed by atoms with E-state index in [-0.39, 0.29) is 0 Å². The third-order valence-electron chi connectivity index (χ3n) is 5.32. The Hall–Kier alpha value is -3.52. The second-order valence-electron chi connectivity index (χ2n) is 7.17. The number of benzene rings is 4. The van der Waals surface area contributed by atoms with Gasteiger partial charge < -0.3 is 11.5 Å². The van der Waals surface area contributed by atoms with E-state index in [1.165, 1.54) is 33.4 Å². The van der Waals surface area contributed by atoms with Gasteiger partial charge in [0.25, 0.3) is 0 Å². The maximum atomic E-state index is 5.95. The first kappa shape index (κ1) is 15.7. The minimum Gasteiger partial charge on any atom is -0.399 e. The highest BCUT2D eigenvalue weighted by Gasteiger charge is 2.19. The lowest BCUT2D eigenvalue weighted by molar-refractivity contribution is 1.26. The number of rotatable bonds is 2. The molecule has 2 heteroatoms. The molecule has 0 aromatic heterocycles. The van der Waals surface area contributed by atoms with Crippen LogP contribution in [-0.4, -0.2) is 0 Å². The SMILES string of the molecule is Nc1cccc(-c2ccc3c(c2)Cc2cc(-c4cccc(N)c4)ccc2-3)c1. The molecule has 0 radical (unpaired) electrons. The topological polar surface area (TPSA) is 52.0 Å². The fraction of sp³-hybridized carbons (Fsp3) is 0.0400. The number of nitrogen functional groups attached to an aromatic ring is 2. The summed E-state index contributed by atoms with van der Waals surface area (Å²) in [4.78, 5) is 0. The fourth-order valence-corrected chi connectivity index (χ4v) is 4.01. The molecule has 0 bridgehead atoms. The molecule has 0 heterocycles. The maximum absolute atomic E-state index is 5.95. The molecule has 0 unspecified atom stereocenters. The van der Waals surface area contributed by atoms with E-state index in [4.69, 9.17) is 11.5 Å². The Morgan fingerprint density at radius 2 is 0.926 bits per heavy atom. The van der Waals surface area contributed by atoms with Gasteiger partial charge in [0.1, 0.15) is 0 Å². The molecular formula is C25H20N2. The Morgan fingerprint density at radius 1 is 0.481 bits per heavy atom. The summed E-state index contributed by atoms with van der Waals surface area (Å²) < 4.78 is 0. The highest BCUT2D eigenvalue weighted by molar-refractivity contribution is 5.83. The van der Waals surface area contributed by atoms with Crippen molar-refractivity contribution in [2.45, 2.75) is 6.42 Å². The smallest absolute Gasteiger partial charge is 0.0320 e. The number of nitrogens with two attached hydrogens (primary N) is 2. The molecule has 2 nitrogen and oxygen atoms in total. The Kier molecular flexibility index (Phi) is 3.51.